The van der Waals surface area contributed by atoms with E-state index >= 15 is 0 Å². The molecule has 1 fully saturated rings. The number of hydrogen-bond donors (Lipinski definition) is 1. The van der Waals surface area contributed by atoms with Crippen LogP contribution in [0, 0.1) is 0 Å². The van der Waals surface area contributed by atoms with E-state index in [9.17, 15) is 9.59 Å². The number of amides is 2. The fourth-order valence-corrected chi connectivity index (χ4v) is 4.65. The molecule has 1 atom stereocenters. The Balaban J connectivity index is 1.44. The Kier molecular flexibility index (Phi) is 7.35. The molecule has 3 aromatic carbocycles. The van der Waals surface area contributed by atoms with Crippen LogP contribution in [0.3, 0.4) is 0 Å². The second kappa shape index (κ2) is 10.8. The van der Waals surface area contributed by atoms with Crippen LogP contribution in [0.2, 0.25) is 0 Å². The van der Waals surface area contributed by atoms with E-state index in [0.717, 1.165) is 23.2 Å². The number of benzene rings is 3. The van der Waals surface area contributed by atoms with Crippen LogP contribution in [0.5, 0.6) is 0 Å². The number of carbonyl (C=O) groups is 2. The van der Waals surface area contributed by atoms with E-state index in [0.29, 0.717) is 18.3 Å². The number of nitrogens with one attached hydrogen (secondary N) is 1. The quantitative estimate of drug-likeness (QED) is 0.555. The first-order valence-corrected chi connectivity index (χ1v) is 11.5. The van der Waals surface area contributed by atoms with Crippen molar-refractivity contribution >= 4 is 34.4 Å². The predicted octanol–water partition coefficient (Wildman–Crippen LogP) is 4.57. The number of para-hydroxylation sites is 1. The smallest absolute Gasteiger partial charge is 0.242 e. The van der Waals surface area contributed by atoms with Crippen LogP contribution in [0.4, 0.5) is 5.69 Å². The number of thioether (sulfide) groups is 1. The minimum atomic E-state index is -0.469. The third kappa shape index (κ3) is 5.86. The molecule has 0 radical (unpaired) electrons. The molecule has 1 aliphatic heterocycles. The molecule has 5 nitrogen and oxygen atoms in total. The highest BCUT2D eigenvalue weighted by molar-refractivity contribution is 8.15. The van der Waals surface area contributed by atoms with Crippen molar-refractivity contribution in [2.45, 2.75) is 24.6 Å². The first kappa shape index (κ1) is 21.8. The van der Waals surface area contributed by atoms with Gasteiger partial charge in [0.05, 0.1) is 5.69 Å². The Morgan fingerprint density at radius 1 is 0.875 bits per heavy atom. The van der Waals surface area contributed by atoms with Gasteiger partial charge < -0.3 is 5.32 Å². The summed E-state index contributed by atoms with van der Waals surface area (Å²) in [6, 6.07) is 29.4. The van der Waals surface area contributed by atoms with Gasteiger partial charge in [0.15, 0.2) is 5.17 Å². The number of hydrogen-bond acceptors (Lipinski definition) is 4. The molecule has 1 saturated heterocycles. The minimum Gasteiger partial charge on any atom is -0.352 e. The fraction of sp³-hybridized carbons (Fsp3) is 0.192. The lowest BCUT2D eigenvalue weighted by Crippen LogP contribution is -2.35. The van der Waals surface area contributed by atoms with Gasteiger partial charge in [0, 0.05) is 19.5 Å². The van der Waals surface area contributed by atoms with Crippen LogP contribution in [0.25, 0.3) is 0 Å². The van der Waals surface area contributed by atoms with E-state index in [2.05, 4.69) is 17.4 Å². The van der Waals surface area contributed by atoms with Gasteiger partial charge in [-0.05, 0) is 29.7 Å². The number of aliphatic imine (C=N–C) groups is 1. The molecule has 1 N–H and O–H groups in total. The number of amidine groups is 1. The molecular weight excluding hydrogens is 418 g/mol. The van der Waals surface area contributed by atoms with Crippen molar-refractivity contribution in [2.75, 3.05) is 6.54 Å². The van der Waals surface area contributed by atoms with Gasteiger partial charge in [-0.15, -0.1) is 0 Å². The molecule has 32 heavy (non-hydrogen) atoms. The number of nitrogens with zero attached hydrogens (tertiary/aromatic N) is 2. The highest BCUT2D eigenvalue weighted by Gasteiger charge is 2.38. The SMILES string of the molecule is O=C(CC1SC(=Nc2ccccc2)N(CCc2ccccc2)C1=O)NCc1ccccc1. The molecule has 1 aliphatic rings. The summed E-state index contributed by atoms with van der Waals surface area (Å²) in [5, 5.41) is 3.10. The van der Waals surface area contributed by atoms with Gasteiger partial charge in [0.25, 0.3) is 0 Å². The molecular formula is C26H25N3O2S. The summed E-state index contributed by atoms with van der Waals surface area (Å²) in [7, 11) is 0. The second-order valence-electron chi connectivity index (χ2n) is 7.53. The first-order valence-electron chi connectivity index (χ1n) is 10.7. The Morgan fingerprint density at radius 3 is 2.12 bits per heavy atom. The lowest BCUT2D eigenvalue weighted by atomic mass is 10.1. The molecule has 1 heterocycles. The van der Waals surface area contributed by atoms with Crippen molar-refractivity contribution in [3.05, 3.63) is 102 Å². The van der Waals surface area contributed by atoms with E-state index in [4.69, 9.17) is 4.99 Å². The number of carbonyl (C=O) groups excluding carboxylic acids is 2. The van der Waals surface area contributed by atoms with Crippen molar-refractivity contribution < 1.29 is 9.59 Å². The van der Waals surface area contributed by atoms with Crippen molar-refractivity contribution in [1.82, 2.24) is 10.2 Å². The summed E-state index contributed by atoms with van der Waals surface area (Å²) in [6.07, 6.45) is 0.861. The van der Waals surface area contributed by atoms with Gasteiger partial charge >= 0.3 is 0 Å². The summed E-state index contributed by atoms with van der Waals surface area (Å²) in [5.41, 5.74) is 2.98. The molecule has 2 amide bonds. The van der Waals surface area contributed by atoms with Crippen LogP contribution in [-0.4, -0.2) is 33.7 Å². The van der Waals surface area contributed by atoms with Gasteiger partial charge in [-0.3, -0.25) is 14.5 Å². The normalized spacial score (nSPS) is 17.0. The monoisotopic (exact) mass is 443 g/mol. The summed E-state index contributed by atoms with van der Waals surface area (Å²) in [5.74, 6) is -0.195. The molecule has 0 saturated carbocycles. The van der Waals surface area contributed by atoms with E-state index in [1.54, 1.807) is 4.90 Å². The van der Waals surface area contributed by atoms with E-state index in [1.807, 2.05) is 78.9 Å². The molecule has 162 valence electrons. The van der Waals surface area contributed by atoms with E-state index < -0.39 is 5.25 Å². The van der Waals surface area contributed by atoms with Crippen LogP contribution in [-0.2, 0) is 22.6 Å². The topological polar surface area (TPSA) is 61.8 Å². The molecule has 0 bridgehead atoms. The first-order chi connectivity index (χ1) is 15.7. The zero-order valence-electron chi connectivity index (χ0n) is 17.7. The Labute approximate surface area is 192 Å². The Morgan fingerprint density at radius 2 is 1.47 bits per heavy atom. The average Bonchev–Trinajstić information content (AvgIpc) is 3.12. The summed E-state index contributed by atoms with van der Waals surface area (Å²) in [6.45, 7) is 0.984. The molecule has 0 aromatic heterocycles. The minimum absolute atomic E-state index is 0.0597. The zero-order valence-corrected chi connectivity index (χ0v) is 18.5. The van der Waals surface area contributed by atoms with Gasteiger partial charge in [0.2, 0.25) is 11.8 Å². The van der Waals surface area contributed by atoms with E-state index in [-0.39, 0.29) is 18.2 Å². The maximum atomic E-state index is 13.2. The van der Waals surface area contributed by atoms with Crippen LogP contribution >= 0.6 is 11.8 Å². The van der Waals surface area contributed by atoms with Gasteiger partial charge in [-0.1, -0.05) is 90.6 Å². The molecule has 0 aliphatic carbocycles. The maximum absolute atomic E-state index is 13.2. The zero-order chi connectivity index (χ0) is 22.2. The Hall–Kier alpha value is -3.38. The predicted molar refractivity (Wildman–Crippen MR) is 130 cm³/mol. The number of rotatable bonds is 8. The fourth-order valence-electron chi connectivity index (χ4n) is 3.47. The molecule has 3 aromatic rings. The molecule has 4 rings (SSSR count). The summed E-state index contributed by atoms with van der Waals surface area (Å²) >= 11 is 1.37. The van der Waals surface area contributed by atoms with Crippen LogP contribution in [0.1, 0.15) is 17.5 Å². The molecule has 0 spiro atoms. The maximum Gasteiger partial charge on any atom is 0.242 e. The highest BCUT2D eigenvalue weighted by Crippen LogP contribution is 2.31. The van der Waals surface area contributed by atoms with Gasteiger partial charge in [-0.25, -0.2) is 4.99 Å². The lowest BCUT2D eigenvalue weighted by molar-refractivity contribution is -0.129. The summed E-state index contributed by atoms with van der Waals surface area (Å²) < 4.78 is 0. The van der Waals surface area contributed by atoms with Crippen LogP contribution < -0.4 is 5.32 Å². The summed E-state index contributed by atoms with van der Waals surface area (Å²) in [4.78, 5) is 32.1. The standard InChI is InChI=1S/C26H25N3O2S/c30-24(27-19-21-12-6-2-7-13-21)18-23-25(31)29(17-16-20-10-4-1-5-11-20)26(32-23)28-22-14-8-3-9-15-22/h1-15,23H,16-19H2,(H,27,30). The largest absolute Gasteiger partial charge is 0.352 e. The highest BCUT2D eigenvalue weighted by atomic mass is 32.2. The average molecular weight is 444 g/mol. The molecule has 1 unspecified atom stereocenters. The van der Waals surface area contributed by atoms with Gasteiger partial charge in [0.1, 0.15) is 5.25 Å². The van der Waals surface area contributed by atoms with E-state index in [1.165, 1.54) is 11.8 Å². The van der Waals surface area contributed by atoms with Crippen LogP contribution in [0.15, 0.2) is 96.0 Å². The third-order valence-electron chi connectivity index (χ3n) is 5.17. The van der Waals surface area contributed by atoms with Gasteiger partial charge in [-0.2, -0.15) is 0 Å². The van der Waals surface area contributed by atoms with Crippen molar-refractivity contribution in [3.63, 3.8) is 0 Å². The van der Waals surface area contributed by atoms with Crippen molar-refractivity contribution in [1.29, 1.82) is 0 Å². The second-order valence-corrected chi connectivity index (χ2v) is 8.70. The molecule has 6 heteroatoms. The van der Waals surface area contributed by atoms with Crippen molar-refractivity contribution in [2.24, 2.45) is 4.99 Å². The van der Waals surface area contributed by atoms with Crippen molar-refractivity contribution in [3.8, 4) is 0 Å². The Bertz CT molecular complexity index is 1070. The lowest BCUT2D eigenvalue weighted by Gasteiger charge is -2.16. The third-order valence-corrected chi connectivity index (χ3v) is 6.35.